The highest BCUT2D eigenvalue weighted by Crippen LogP contribution is 2.32. The summed E-state index contributed by atoms with van der Waals surface area (Å²) in [6.45, 7) is 5.10. The van der Waals surface area contributed by atoms with Crippen molar-refractivity contribution in [3.8, 4) is 17.6 Å². The van der Waals surface area contributed by atoms with Crippen molar-refractivity contribution in [2.75, 3.05) is 33.0 Å². The number of quaternary nitrogens is 1. The van der Waals surface area contributed by atoms with E-state index < -0.39 is 0 Å². The van der Waals surface area contributed by atoms with E-state index in [2.05, 4.69) is 16.3 Å². The van der Waals surface area contributed by atoms with Crippen molar-refractivity contribution in [3.05, 3.63) is 71.4 Å². The lowest BCUT2D eigenvalue weighted by Gasteiger charge is -2.31. The molecule has 2 aromatic rings. The van der Waals surface area contributed by atoms with Gasteiger partial charge in [-0.15, -0.1) is 0 Å². The Morgan fingerprint density at radius 2 is 1.87 bits per heavy atom. The molecule has 0 aromatic heterocycles. The van der Waals surface area contributed by atoms with E-state index in [-0.39, 0.29) is 18.3 Å². The van der Waals surface area contributed by atoms with Gasteiger partial charge in [-0.1, -0.05) is 30.3 Å². The number of fused-ring (bicyclic) bond motifs is 1. The summed E-state index contributed by atoms with van der Waals surface area (Å²) in [6, 6.07) is 17.8. The minimum atomic E-state index is -0.337. The number of hydrogen-bond acceptors (Lipinski definition) is 5. The summed E-state index contributed by atoms with van der Waals surface area (Å²) in [6.07, 6.45) is 1.69. The van der Waals surface area contributed by atoms with E-state index in [1.165, 1.54) is 10.5 Å². The van der Waals surface area contributed by atoms with Crippen LogP contribution in [0.5, 0.6) is 11.5 Å². The van der Waals surface area contributed by atoms with Crippen LogP contribution in [0.1, 0.15) is 11.1 Å². The molecule has 2 heterocycles. The van der Waals surface area contributed by atoms with Gasteiger partial charge in [-0.3, -0.25) is 4.79 Å². The third-order valence-electron chi connectivity index (χ3n) is 5.37. The van der Waals surface area contributed by atoms with E-state index in [1.54, 1.807) is 6.20 Å². The predicted octanol–water partition coefficient (Wildman–Crippen LogP) is 0.840. The predicted molar refractivity (Wildman–Crippen MR) is 111 cm³/mol. The monoisotopic (exact) mass is 405 g/mol. The number of ether oxygens (including phenoxy) is 2. The van der Waals surface area contributed by atoms with Gasteiger partial charge in [0, 0.05) is 18.3 Å². The van der Waals surface area contributed by atoms with Crippen LogP contribution in [-0.2, 0) is 17.9 Å². The van der Waals surface area contributed by atoms with Crippen LogP contribution < -0.4 is 19.7 Å². The first-order valence-corrected chi connectivity index (χ1v) is 10.1. The molecule has 2 aliphatic heterocycles. The maximum atomic E-state index is 12.4. The molecule has 0 atom stereocenters. The van der Waals surface area contributed by atoms with Crippen molar-refractivity contribution in [1.82, 2.24) is 10.2 Å². The van der Waals surface area contributed by atoms with Crippen LogP contribution in [0, 0.1) is 11.3 Å². The number of benzene rings is 2. The molecule has 0 aliphatic carbocycles. The zero-order valence-electron chi connectivity index (χ0n) is 16.8. The number of carbonyl (C=O) groups excluding carboxylic acids is 1. The maximum absolute atomic E-state index is 12.4. The van der Waals surface area contributed by atoms with Crippen molar-refractivity contribution in [2.45, 2.75) is 13.1 Å². The normalized spacial score (nSPS) is 16.2. The van der Waals surface area contributed by atoms with Crippen LogP contribution in [0.2, 0.25) is 0 Å². The molecule has 30 heavy (non-hydrogen) atoms. The number of hydrogen-bond donors (Lipinski definition) is 2. The molecular weight excluding hydrogens is 380 g/mol. The number of nitrogens with zero attached hydrogens (tertiary/aromatic N) is 2. The Kier molecular flexibility index (Phi) is 6.16. The Morgan fingerprint density at radius 3 is 2.63 bits per heavy atom. The number of rotatable bonds is 6. The number of carbonyl (C=O) groups is 1. The second-order valence-corrected chi connectivity index (χ2v) is 7.47. The first kappa shape index (κ1) is 19.8. The SMILES string of the molecule is N#C/C(=C/N1CC[NH+](Cc2ccc3c(c2)OCO3)CC1)C(=O)NCc1ccccc1. The van der Waals surface area contributed by atoms with Crippen molar-refractivity contribution in [3.63, 3.8) is 0 Å². The first-order chi connectivity index (χ1) is 14.7. The second kappa shape index (κ2) is 9.33. The molecule has 0 bridgehead atoms. The van der Waals surface area contributed by atoms with E-state index in [0.29, 0.717) is 6.54 Å². The Morgan fingerprint density at radius 1 is 1.10 bits per heavy atom. The zero-order valence-corrected chi connectivity index (χ0v) is 16.8. The maximum Gasteiger partial charge on any atom is 0.263 e. The van der Waals surface area contributed by atoms with Gasteiger partial charge in [0.25, 0.3) is 5.91 Å². The molecule has 1 amide bonds. The molecule has 7 nitrogen and oxygen atoms in total. The Bertz CT molecular complexity index is 960. The summed E-state index contributed by atoms with van der Waals surface area (Å²) in [5, 5.41) is 12.2. The molecule has 7 heteroatoms. The molecule has 0 radical (unpaired) electrons. The number of piperazine rings is 1. The van der Waals surface area contributed by atoms with Crippen LogP contribution in [0.4, 0.5) is 0 Å². The Hall–Kier alpha value is -3.50. The van der Waals surface area contributed by atoms with Gasteiger partial charge in [-0.05, 0) is 23.8 Å². The molecule has 0 unspecified atom stereocenters. The van der Waals surface area contributed by atoms with E-state index in [1.807, 2.05) is 48.5 Å². The van der Waals surface area contributed by atoms with Crippen LogP contribution >= 0.6 is 0 Å². The van der Waals surface area contributed by atoms with E-state index >= 15 is 0 Å². The summed E-state index contributed by atoms with van der Waals surface area (Å²) >= 11 is 0. The summed E-state index contributed by atoms with van der Waals surface area (Å²) in [5.41, 5.74) is 2.37. The minimum Gasteiger partial charge on any atom is -0.454 e. The molecule has 2 N–H and O–H groups in total. The smallest absolute Gasteiger partial charge is 0.263 e. The molecular formula is C23H25N4O3+. The molecule has 4 rings (SSSR count). The number of amides is 1. The fourth-order valence-electron chi connectivity index (χ4n) is 3.68. The average molecular weight is 405 g/mol. The van der Waals surface area contributed by atoms with Crippen LogP contribution in [-0.4, -0.2) is 43.8 Å². The third kappa shape index (κ3) is 4.91. The molecule has 1 saturated heterocycles. The molecule has 2 aliphatic rings. The van der Waals surface area contributed by atoms with E-state index in [9.17, 15) is 10.1 Å². The van der Waals surface area contributed by atoms with Crippen molar-refractivity contribution in [2.24, 2.45) is 0 Å². The van der Waals surface area contributed by atoms with Crippen LogP contribution in [0.25, 0.3) is 0 Å². The highest BCUT2D eigenvalue weighted by molar-refractivity contribution is 5.97. The largest absolute Gasteiger partial charge is 0.454 e. The Labute approximate surface area is 176 Å². The zero-order chi connectivity index (χ0) is 20.8. The second-order valence-electron chi connectivity index (χ2n) is 7.47. The van der Waals surface area contributed by atoms with Gasteiger partial charge in [-0.2, -0.15) is 5.26 Å². The van der Waals surface area contributed by atoms with Gasteiger partial charge in [0.2, 0.25) is 6.79 Å². The molecule has 2 aromatic carbocycles. The van der Waals surface area contributed by atoms with Gasteiger partial charge >= 0.3 is 0 Å². The lowest BCUT2D eigenvalue weighted by atomic mass is 10.1. The van der Waals surface area contributed by atoms with Gasteiger partial charge < -0.3 is 24.6 Å². The molecule has 0 spiro atoms. The highest BCUT2D eigenvalue weighted by atomic mass is 16.7. The van der Waals surface area contributed by atoms with E-state index in [4.69, 9.17) is 9.47 Å². The quantitative estimate of drug-likeness (QED) is 0.550. The average Bonchev–Trinajstić information content (AvgIpc) is 3.25. The minimum absolute atomic E-state index is 0.144. The summed E-state index contributed by atoms with van der Waals surface area (Å²) in [4.78, 5) is 15.9. The highest BCUT2D eigenvalue weighted by Gasteiger charge is 2.21. The topological polar surface area (TPSA) is 79.0 Å². The third-order valence-corrected chi connectivity index (χ3v) is 5.37. The van der Waals surface area contributed by atoms with Crippen molar-refractivity contribution < 1.29 is 19.2 Å². The van der Waals surface area contributed by atoms with Gasteiger partial charge in [0.05, 0.1) is 26.2 Å². The summed E-state index contributed by atoms with van der Waals surface area (Å²) in [7, 11) is 0. The lowest BCUT2D eigenvalue weighted by molar-refractivity contribution is -0.917. The van der Waals surface area contributed by atoms with Crippen LogP contribution in [0.15, 0.2) is 60.3 Å². The first-order valence-electron chi connectivity index (χ1n) is 10.1. The van der Waals surface area contributed by atoms with Crippen molar-refractivity contribution >= 4 is 5.91 Å². The molecule has 1 fully saturated rings. The fraction of sp³-hybridized carbons (Fsp3) is 0.304. The molecule has 154 valence electrons. The van der Waals surface area contributed by atoms with Gasteiger partial charge in [0.1, 0.15) is 18.2 Å². The molecule has 0 saturated carbocycles. The van der Waals surface area contributed by atoms with Crippen LogP contribution in [0.3, 0.4) is 0 Å². The summed E-state index contributed by atoms with van der Waals surface area (Å²) in [5.74, 6) is 1.28. The Balaban J connectivity index is 1.27. The fourth-order valence-corrected chi connectivity index (χ4v) is 3.68. The standard InChI is InChI=1S/C23H24N4O3/c24-13-20(23(28)25-14-18-4-2-1-3-5-18)16-27-10-8-26(9-11-27)15-19-6-7-21-22(12-19)30-17-29-21/h1-7,12,16H,8-11,14-15,17H2,(H,25,28)/p+1/b20-16-. The summed E-state index contributed by atoms with van der Waals surface area (Å²) < 4.78 is 10.8. The van der Waals surface area contributed by atoms with Crippen molar-refractivity contribution in [1.29, 1.82) is 5.26 Å². The van der Waals surface area contributed by atoms with Gasteiger partial charge in [0.15, 0.2) is 11.5 Å². The lowest BCUT2D eigenvalue weighted by Crippen LogP contribution is -3.13. The number of nitriles is 1. The van der Waals surface area contributed by atoms with Gasteiger partial charge in [-0.25, -0.2) is 0 Å². The van der Waals surface area contributed by atoms with E-state index in [0.717, 1.165) is 49.8 Å². The number of nitrogens with one attached hydrogen (secondary N) is 2.